The molecular formula is C15H11ClFN3O2S. The Morgan fingerprint density at radius 2 is 1.91 bits per heavy atom. The van der Waals surface area contributed by atoms with Gasteiger partial charge in [0.05, 0.1) is 10.7 Å². The van der Waals surface area contributed by atoms with Gasteiger partial charge in [0.25, 0.3) is 5.91 Å². The van der Waals surface area contributed by atoms with E-state index in [0.717, 1.165) is 0 Å². The van der Waals surface area contributed by atoms with Crippen molar-refractivity contribution in [2.75, 3.05) is 22.6 Å². The number of rotatable bonds is 2. The van der Waals surface area contributed by atoms with Crippen LogP contribution < -0.4 is 20.7 Å². The first-order valence-electron chi connectivity index (χ1n) is 6.61. The number of ether oxygens (including phenoxy) is 1. The zero-order chi connectivity index (χ0) is 16.4. The van der Waals surface area contributed by atoms with Gasteiger partial charge in [-0.25, -0.2) is 4.39 Å². The topological polar surface area (TPSA) is 62.4 Å². The van der Waals surface area contributed by atoms with E-state index in [-0.39, 0.29) is 17.5 Å². The van der Waals surface area contributed by atoms with Gasteiger partial charge in [-0.1, -0.05) is 11.6 Å². The number of benzene rings is 2. The lowest BCUT2D eigenvalue weighted by Crippen LogP contribution is -2.25. The Kier molecular flexibility index (Phi) is 4.31. The van der Waals surface area contributed by atoms with Crippen LogP contribution >= 0.6 is 23.8 Å². The molecule has 1 aliphatic heterocycles. The van der Waals surface area contributed by atoms with Crippen molar-refractivity contribution >= 4 is 51.9 Å². The maximum Gasteiger partial charge on any atom is 0.262 e. The first kappa shape index (κ1) is 15.5. The normalized spacial score (nSPS) is 12.7. The van der Waals surface area contributed by atoms with Crippen LogP contribution in [0.3, 0.4) is 0 Å². The number of carbonyl (C=O) groups is 1. The van der Waals surface area contributed by atoms with Gasteiger partial charge in [-0.2, -0.15) is 0 Å². The van der Waals surface area contributed by atoms with Crippen molar-refractivity contribution in [3.05, 3.63) is 47.2 Å². The van der Waals surface area contributed by atoms with E-state index in [2.05, 4.69) is 16.0 Å². The number of halogens is 2. The number of anilines is 3. The first-order valence-corrected chi connectivity index (χ1v) is 7.39. The second-order valence-electron chi connectivity index (χ2n) is 4.76. The fourth-order valence-electron chi connectivity index (χ4n) is 2.03. The van der Waals surface area contributed by atoms with Crippen molar-refractivity contribution in [1.29, 1.82) is 0 Å². The Morgan fingerprint density at radius 3 is 2.65 bits per heavy atom. The van der Waals surface area contributed by atoms with Gasteiger partial charge in [0.15, 0.2) is 11.7 Å². The largest absolute Gasteiger partial charge is 0.482 e. The van der Waals surface area contributed by atoms with Crippen molar-refractivity contribution in [3.63, 3.8) is 0 Å². The van der Waals surface area contributed by atoms with Crippen molar-refractivity contribution < 1.29 is 13.9 Å². The van der Waals surface area contributed by atoms with Crippen molar-refractivity contribution in [3.8, 4) is 5.75 Å². The third kappa shape index (κ3) is 3.69. The van der Waals surface area contributed by atoms with Gasteiger partial charge in [-0.05, 0) is 48.6 Å². The highest BCUT2D eigenvalue weighted by molar-refractivity contribution is 7.80. The number of nitrogens with one attached hydrogen (secondary N) is 3. The molecule has 8 heteroatoms. The van der Waals surface area contributed by atoms with Gasteiger partial charge in [-0.15, -0.1) is 0 Å². The Bertz CT molecular complexity index is 800. The number of hydrogen-bond acceptors (Lipinski definition) is 3. The van der Waals surface area contributed by atoms with Gasteiger partial charge in [0.1, 0.15) is 11.6 Å². The Hall–Kier alpha value is -2.38. The Balaban J connectivity index is 1.69. The molecule has 0 aliphatic carbocycles. The number of thiocarbonyl (C=S) groups is 1. The summed E-state index contributed by atoms with van der Waals surface area (Å²) in [5.41, 5.74) is 1.79. The number of carbonyl (C=O) groups excluding carboxylic acids is 1. The van der Waals surface area contributed by atoms with Crippen LogP contribution in [0.15, 0.2) is 36.4 Å². The number of fused-ring (bicyclic) bond motifs is 1. The molecule has 3 N–H and O–H groups in total. The van der Waals surface area contributed by atoms with Crippen LogP contribution in [-0.2, 0) is 4.79 Å². The van der Waals surface area contributed by atoms with E-state index in [1.54, 1.807) is 18.2 Å². The summed E-state index contributed by atoms with van der Waals surface area (Å²) in [6, 6.07) is 9.41. The molecule has 3 rings (SSSR count). The van der Waals surface area contributed by atoms with E-state index in [9.17, 15) is 9.18 Å². The minimum Gasteiger partial charge on any atom is -0.482 e. The summed E-state index contributed by atoms with van der Waals surface area (Å²) in [6.07, 6.45) is 0. The zero-order valence-electron chi connectivity index (χ0n) is 11.7. The molecule has 23 heavy (non-hydrogen) atoms. The van der Waals surface area contributed by atoms with E-state index in [0.29, 0.717) is 27.9 Å². The average molecular weight is 352 g/mol. The standard InChI is InChI=1S/C15H11ClFN3O2S/c16-10-5-8(1-3-11(10)17)18-15(23)19-9-2-4-13-12(6-9)20-14(21)7-22-13/h1-6H,7H2,(H,20,21)(H2,18,19,23). The fraction of sp³-hybridized carbons (Fsp3) is 0.0667. The predicted molar refractivity (Wildman–Crippen MR) is 91.8 cm³/mol. The molecule has 118 valence electrons. The van der Waals surface area contributed by atoms with Crippen LogP contribution in [0.5, 0.6) is 5.75 Å². The van der Waals surface area contributed by atoms with E-state index >= 15 is 0 Å². The van der Waals surface area contributed by atoms with E-state index < -0.39 is 5.82 Å². The zero-order valence-corrected chi connectivity index (χ0v) is 13.2. The first-order chi connectivity index (χ1) is 11.0. The van der Waals surface area contributed by atoms with Crippen molar-refractivity contribution in [2.45, 2.75) is 0 Å². The molecule has 0 atom stereocenters. The lowest BCUT2D eigenvalue weighted by Gasteiger charge is -2.19. The highest BCUT2D eigenvalue weighted by Crippen LogP contribution is 2.30. The van der Waals surface area contributed by atoms with Crippen LogP contribution in [-0.4, -0.2) is 17.6 Å². The average Bonchev–Trinajstić information content (AvgIpc) is 2.50. The molecule has 0 saturated carbocycles. The number of hydrogen-bond donors (Lipinski definition) is 3. The van der Waals surface area contributed by atoms with Gasteiger partial charge in [-0.3, -0.25) is 4.79 Å². The van der Waals surface area contributed by atoms with Gasteiger partial charge in [0.2, 0.25) is 0 Å². The molecule has 1 aliphatic rings. The van der Waals surface area contributed by atoms with Crippen LogP contribution in [0, 0.1) is 5.82 Å². The lowest BCUT2D eigenvalue weighted by molar-refractivity contribution is -0.118. The Labute approximate surface area is 141 Å². The summed E-state index contributed by atoms with van der Waals surface area (Å²) < 4.78 is 18.4. The smallest absolute Gasteiger partial charge is 0.262 e. The molecule has 0 bridgehead atoms. The third-order valence-electron chi connectivity index (χ3n) is 3.05. The molecule has 2 aromatic rings. The Morgan fingerprint density at radius 1 is 1.22 bits per heavy atom. The minimum atomic E-state index is -0.499. The molecule has 0 radical (unpaired) electrons. The highest BCUT2D eigenvalue weighted by Gasteiger charge is 2.16. The summed E-state index contributed by atoms with van der Waals surface area (Å²) >= 11 is 10.9. The van der Waals surface area contributed by atoms with Crippen molar-refractivity contribution in [2.24, 2.45) is 0 Å². The van der Waals surface area contributed by atoms with Gasteiger partial charge < -0.3 is 20.7 Å². The van der Waals surface area contributed by atoms with E-state index in [4.69, 9.17) is 28.6 Å². The quantitative estimate of drug-likeness (QED) is 0.721. The van der Waals surface area contributed by atoms with Gasteiger partial charge >= 0.3 is 0 Å². The summed E-state index contributed by atoms with van der Waals surface area (Å²) in [5, 5.41) is 8.88. The summed E-state index contributed by atoms with van der Waals surface area (Å²) in [4.78, 5) is 11.3. The molecule has 1 heterocycles. The van der Waals surface area contributed by atoms with Crippen LogP contribution in [0.25, 0.3) is 0 Å². The molecule has 0 spiro atoms. The molecule has 2 aromatic carbocycles. The molecule has 1 amide bonds. The maximum atomic E-state index is 13.1. The highest BCUT2D eigenvalue weighted by atomic mass is 35.5. The molecule has 5 nitrogen and oxygen atoms in total. The predicted octanol–water partition coefficient (Wildman–Crippen LogP) is 3.62. The van der Waals surface area contributed by atoms with Crippen LogP contribution in [0.2, 0.25) is 5.02 Å². The number of amides is 1. The lowest BCUT2D eigenvalue weighted by atomic mass is 10.2. The second-order valence-corrected chi connectivity index (χ2v) is 5.57. The summed E-state index contributed by atoms with van der Waals surface area (Å²) in [6.45, 7) is 0.00503. The fourth-order valence-corrected chi connectivity index (χ4v) is 2.44. The monoisotopic (exact) mass is 351 g/mol. The van der Waals surface area contributed by atoms with Crippen LogP contribution in [0.1, 0.15) is 0 Å². The molecule has 0 unspecified atom stereocenters. The molecular weight excluding hydrogens is 341 g/mol. The van der Waals surface area contributed by atoms with Crippen molar-refractivity contribution in [1.82, 2.24) is 0 Å². The SMILES string of the molecule is O=C1COc2ccc(NC(=S)Nc3ccc(F)c(Cl)c3)cc2N1. The maximum absolute atomic E-state index is 13.1. The summed E-state index contributed by atoms with van der Waals surface area (Å²) in [5.74, 6) is -0.114. The third-order valence-corrected chi connectivity index (χ3v) is 3.54. The molecule has 0 aromatic heterocycles. The molecule has 0 saturated heterocycles. The van der Waals surface area contributed by atoms with E-state index in [1.807, 2.05) is 0 Å². The van der Waals surface area contributed by atoms with E-state index in [1.165, 1.54) is 18.2 Å². The minimum absolute atomic E-state index is 0.00503. The second kappa shape index (κ2) is 6.39. The van der Waals surface area contributed by atoms with Gasteiger partial charge in [0, 0.05) is 11.4 Å². The van der Waals surface area contributed by atoms with Crippen LogP contribution in [0.4, 0.5) is 21.5 Å². The molecule has 0 fully saturated rings. The summed E-state index contributed by atoms with van der Waals surface area (Å²) in [7, 11) is 0.